The maximum atomic E-state index is 12.0. The summed E-state index contributed by atoms with van der Waals surface area (Å²) in [6.45, 7) is 2.40. The van der Waals surface area contributed by atoms with Gasteiger partial charge in [0.1, 0.15) is 0 Å². The van der Waals surface area contributed by atoms with Crippen LogP contribution < -0.4 is 15.0 Å². The zero-order valence-corrected chi connectivity index (χ0v) is 13.2. The first kappa shape index (κ1) is 15.4. The van der Waals surface area contributed by atoms with Crippen molar-refractivity contribution < 1.29 is 9.47 Å². The van der Waals surface area contributed by atoms with E-state index in [4.69, 9.17) is 9.47 Å². The Labute approximate surface area is 128 Å². The van der Waals surface area contributed by atoms with Crippen LogP contribution in [0.25, 0.3) is 11.3 Å². The summed E-state index contributed by atoms with van der Waals surface area (Å²) in [5.41, 5.74) is 2.09. The minimum absolute atomic E-state index is 0.100. The average Bonchev–Trinajstić information content (AvgIpc) is 2.54. The molecule has 0 spiro atoms. The molecule has 0 aliphatic heterocycles. The Morgan fingerprint density at radius 1 is 1.19 bits per heavy atom. The zero-order valence-electron chi connectivity index (χ0n) is 12.3. The topological polar surface area (TPSA) is 53.4 Å². The van der Waals surface area contributed by atoms with Crippen molar-refractivity contribution in [2.45, 2.75) is 19.2 Å². The first-order valence-electron chi connectivity index (χ1n) is 6.58. The second-order valence-corrected chi connectivity index (χ2v) is 4.72. The molecule has 0 N–H and O–H groups in total. The zero-order chi connectivity index (χ0) is 15.4. The van der Waals surface area contributed by atoms with Crippen LogP contribution in [0.1, 0.15) is 12.5 Å². The van der Waals surface area contributed by atoms with Crippen LogP contribution in [0.5, 0.6) is 11.5 Å². The van der Waals surface area contributed by atoms with E-state index in [1.807, 2.05) is 25.1 Å². The van der Waals surface area contributed by atoms with Gasteiger partial charge in [0.25, 0.3) is 5.56 Å². The maximum Gasteiger partial charge on any atom is 0.270 e. The monoisotopic (exact) mass is 306 g/mol. The minimum Gasteiger partial charge on any atom is -0.493 e. The Morgan fingerprint density at radius 3 is 2.48 bits per heavy atom. The fourth-order valence-corrected chi connectivity index (χ4v) is 2.29. The highest BCUT2D eigenvalue weighted by Crippen LogP contribution is 2.31. The molecule has 0 saturated carbocycles. The van der Waals surface area contributed by atoms with Crippen LogP contribution in [-0.2, 0) is 12.3 Å². The van der Waals surface area contributed by atoms with E-state index in [-0.39, 0.29) is 5.56 Å². The number of methoxy groups -OCH3 is 2. The van der Waals surface area contributed by atoms with Crippen molar-refractivity contribution in [2.75, 3.05) is 14.2 Å². The van der Waals surface area contributed by atoms with Gasteiger partial charge in [-0.1, -0.05) is 0 Å². The highest BCUT2D eigenvalue weighted by atomic mass is 32.1. The normalized spacial score (nSPS) is 10.5. The summed E-state index contributed by atoms with van der Waals surface area (Å²) >= 11 is 4.21. The van der Waals surface area contributed by atoms with Gasteiger partial charge in [-0.05, 0) is 31.2 Å². The Kier molecular flexibility index (Phi) is 4.90. The van der Waals surface area contributed by atoms with E-state index in [0.717, 1.165) is 5.56 Å². The molecule has 1 heterocycles. The molecule has 1 aromatic heterocycles. The van der Waals surface area contributed by atoms with E-state index in [9.17, 15) is 4.79 Å². The molecule has 0 aliphatic carbocycles. The minimum atomic E-state index is -0.100. The third-order valence-electron chi connectivity index (χ3n) is 3.20. The lowest BCUT2D eigenvalue weighted by Gasteiger charge is -2.11. The highest BCUT2D eigenvalue weighted by molar-refractivity contribution is 7.79. The molecule has 0 unspecified atom stereocenters. The van der Waals surface area contributed by atoms with Gasteiger partial charge in [0, 0.05) is 23.4 Å². The van der Waals surface area contributed by atoms with Crippen LogP contribution in [-0.4, -0.2) is 24.0 Å². The fourth-order valence-electron chi connectivity index (χ4n) is 2.06. The van der Waals surface area contributed by atoms with Gasteiger partial charge in [-0.2, -0.15) is 17.7 Å². The van der Waals surface area contributed by atoms with Crippen molar-refractivity contribution in [3.05, 3.63) is 40.2 Å². The number of hydrogen-bond donors (Lipinski definition) is 1. The van der Waals surface area contributed by atoms with Crippen LogP contribution in [0, 0.1) is 0 Å². The van der Waals surface area contributed by atoms with E-state index < -0.39 is 0 Å². The number of benzene rings is 1. The molecule has 0 aliphatic rings. The molecule has 6 heteroatoms. The van der Waals surface area contributed by atoms with Crippen LogP contribution in [0.4, 0.5) is 0 Å². The molecule has 0 bridgehead atoms. The summed E-state index contributed by atoms with van der Waals surface area (Å²) in [6, 6.07) is 7.31. The number of nitrogens with zero attached hydrogens (tertiary/aromatic N) is 2. The van der Waals surface area contributed by atoms with Crippen LogP contribution in [0.3, 0.4) is 0 Å². The van der Waals surface area contributed by atoms with E-state index >= 15 is 0 Å². The van der Waals surface area contributed by atoms with Gasteiger partial charge < -0.3 is 9.47 Å². The molecule has 0 amide bonds. The highest BCUT2D eigenvalue weighted by Gasteiger charge is 2.11. The van der Waals surface area contributed by atoms with Crippen molar-refractivity contribution >= 4 is 12.6 Å². The number of hydrogen-bond acceptors (Lipinski definition) is 5. The first-order valence-corrected chi connectivity index (χ1v) is 7.22. The Morgan fingerprint density at radius 2 is 1.90 bits per heavy atom. The van der Waals surface area contributed by atoms with Gasteiger partial charge >= 0.3 is 0 Å². The number of rotatable bonds is 5. The van der Waals surface area contributed by atoms with Crippen molar-refractivity contribution in [1.29, 1.82) is 0 Å². The molecular weight excluding hydrogens is 288 g/mol. The Hall–Kier alpha value is -1.95. The van der Waals surface area contributed by atoms with Gasteiger partial charge in [-0.15, -0.1) is 0 Å². The lowest BCUT2D eigenvalue weighted by atomic mass is 10.1. The summed E-state index contributed by atoms with van der Waals surface area (Å²) in [7, 11) is 3.17. The van der Waals surface area contributed by atoms with E-state index in [2.05, 4.69) is 17.7 Å². The maximum absolute atomic E-state index is 12.0. The summed E-state index contributed by atoms with van der Waals surface area (Å²) in [5.74, 6) is 1.65. The van der Waals surface area contributed by atoms with Gasteiger partial charge in [0.15, 0.2) is 11.5 Å². The van der Waals surface area contributed by atoms with Gasteiger partial charge in [0.05, 0.1) is 19.9 Å². The number of ether oxygens (including phenoxy) is 2. The molecule has 2 rings (SSSR count). The predicted molar refractivity (Wildman–Crippen MR) is 85.4 cm³/mol. The Bertz CT molecular complexity index is 670. The quantitative estimate of drug-likeness (QED) is 0.862. The number of aryl methyl sites for hydroxylation is 1. The number of thiol groups is 1. The molecule has 0 atom stereocenters. The van der Waals surface area contributed by atoms with Crippen molar-refractivity contribution in [1.82, 2.24) is 9.78 Å². The summed E-state index contributed by atoms with van der Waals surface area (Å²) < 4.78 is 12.0. The molecule has 112 valence electrons. The fraction of sp³-hybridized carbons (Fsp3) is 0.333. The third kappa shape index (κ3) is 3.05. The molecule has 5 nitrogen and oxygen atoms in total. The molecule has 0 saturated heterocycles. The van der Waals surface area contributed by atoms with E-state index in [1.165, 1.54) is 4.68 Å². The van der Waals surface area contributed by atoms with Crippen LogP contribution >= 0.6 is 12.6 Å². The van der Waals surface area contributed by atoms with Gasteiger partial charge in [-0.3, -0.25) is 4.79 Å². The molecule has 0 fully saturated rings. The van der Waals surface area contributed by atoms with Gasteiger partial charge in [0.2, 0.25) is 0 Å². The van der Waals surface area contributed by atoms with Crippen molar-refractivity contribution in [3.8, 4) is 22.8 Å². The summed E-state index contributed by atoms with van der Waals surface area (Å²) in [5, 5.41) is 4.37. The molecule has 2 aromatic rings. The smallest absolute Gasteiger partial charge is 0.270 e. The van der Waals surface area contributed by atoms with Crippen LogP contribution in [0.2, 0.25) is 0 Å². The molecule has 1 aromatic carbocycles. The SMILES string of the molecule is CCn1nc(-c2ccc(OC)c(OC)c2)cc(CS)c1=O. The van der Waals surface area contributed by atoms with Gasteiger partial charge in [-0.25, -0.2) is 4.68 Å². The molecular formula is C15H18N2O3S. The second-order valence-electron chi connectivity index (χ2n) is 4.40. The van der Waals surface area contributed by atoms with Crippen LogP contribution in [0.15, 0.2) is 29.1 Å². The first-order chi connectivity index (χ1) is 10.1. The summed E-state index contributed by atoms with van der Waals surface area (Å²) in [4.78, 5) is 12.0. The third-order valence-corrected chi connectivity index (χ3v) is 3.54. The van der Waals surface area contributed by atoms with Crippen molar-refractivity contribution in [3.63, 3.8) is 0 Å². The van der Waals surface area contributed by atoms with E-state index in [1.54, 1.807) is 20.3 Å². The van der Waals surface area contributed by atoms with Crippen molar-refractivity contribution in [2.24, 2.45) is 0 Å². The number of aromatic nitrogens is 2. The largest absolute Gasteiger partial charge is 0.493 e. The second kappa shape index (κ2) is 6.67. The molecule has 0 radical (unpaired) electrons. The average molecular weight is 306 g/mol. The van der Waals surface area contributed by atoms with E-state index in [0.29, 0.717) is 35.1 Å². The standard InChI is InChI=1S/C15H18N2O3S/c1-4-17-15(18)11(9-21)7-12(16-17)10-5-6-13(19-2)14(8-10)20-3/h5-8,21H,4,9H2,1-3H3. The summed E-state index contributed by atoms with van der Waals surface area (Å²) in [6.07, 6.45) is 0. The predicted octanol–water partition coefficient (Wildman–Crippen LogP) is 2.38. The lowest BCUT2D eigenvalue weighted by molar-refractivity contribution is 0.355. The Balaban J connectivity index is 2.58. The molecule has 21 heavy (non-hydrogen) atoms. The lowest BCUT2D eigenvalue weighted by Crippen LogP contribution is -2.25.